The highest BCUT2D eigenvalue weighted by Crippen LogP contribution is 2.32. The molecule has 0 radical (unpaired) electrons. The number of halogens is 3. The fourth-order valence-corrected chi connectivity index (χ4v) is 2.61. The SMILES string of the molecule is Cc1cccc(C(N)c2ccc(Cl)c(Cl)c2)c1Br. The minimum atomic E-state index is -0.228. The van der Waals surface area contributed by atoms with Crippen molar-refractivity contribution in [1.29, 1.82) is 0 Å². The molecule has 0 aliphatic carbocycles. The summed E-state index contributed by atoms with van der Waals surface area (Å²) in [6.45, 7) is 2.04. The minimum absolute atomic E-state index is 0.228. The molecule has 2 N–H and O–H groups in total. The van der Waals surface area contributed by atoms with E-state index in [2.05, 4.69) is 15.9 Å². The molecule has 0 aliphatic heterocycles. The van der Waals surface area contributed by atoms with E-state index in [-0.39, 0.29) is 6.04 Å². The summed E-state index contributed by atoms with van der Waals surface area (Å²) in [6, 6.07) is 11.3. The highest BCUT2D eigenvalue weighted by Gasteiger charge is 2.14. The Bertz CT molecular complexity index is 584. The van der Waals surface area contributed by atoms with Crippen molar-refractivity contribution in [1.82, 2.24) is 0 Å². The predicted octanol–water partition coefficient (Wildman–Crippen LogP) is 5.11. The molecule has 0 bridgehead atoms. The fraction of sp³-hybridized carbons (Fsp3) is 0.143. The van der Waals surface area contributed by atoms with Gasteiger partial charge in [-0.1, -0.05) is 63.4 Å². The highest BCUT2D eigenvalue weighted by atomic mass is 79.9. The molecule has 2 aromatic carbocycles. The molecular weight excluding hydrogens is 333 g/mol. The van der Waals surface area contributed by atoms with Crippen molar-refractivity contribution in [2.24, 2.45) is 5.73 Å². The number of aryl methyl sites for hydroxylation is 1. The van der Waals surface area contributed by atoms with Gasteiger partial charge in [0, 0.05) is 4.47 Å². The molecule has 1 unspecified atom stereocenters. The van der Waals surface area contributed by atoms with Crippen LogP contribution in [0, 0.1) is 6.92 Å². The first-order valence-corrected chi connectivity index (χ1v) is 7.01. The molecule has 18 heavy (non-hydrogen) atoms. The highest BCUT2D eigenvalue weighted by molar-refractivity contribution is 9.10. The van der Waals surface area contributed by atoms with Crippen LogP contribution in [0.1, 0.15) is 22.7 Å². The first-order chi connectivity index (χ1) is 8.50. The topological polar surface area (TPSA) is 26.0 Å². The van der Waals surface area contributed by atoms with Gasteiger partial charge in [0.15, 0.2) is 0 Å². The second kappa shape index (κ2) is 5.62. The van der Waals surface area contributed by atoms with Crippen LogP contribution >= 0.6 is 39.1 Å². The third kappa shape index (κ3) is 2.72. The van der Waals surface area contributed by atoms with Gasteiger partial charge in [-0.15, -0.1) is 0 Å². The molecule has 0 saturated carbocycles. The van der Waals surface area contributed by atoms with Crippen LogP contribution in [0.15, 0.2) is 40.9 Å². The number of rotatable bonds is 2. The summed E-state index contributed by atoms with van der Waals surface area (Å²) in [5.41, 5.74) is 9.40. The van der Waals surface area contributed by atoms with E-state index in [9.17, 15) is 0 Å². The molecule has 0 heterocycles. The average molecular weight is 345 g/mol. The summed E-state index contributed by atoms with van der Waals surface area (Å²) >= 11 is 15.5. The summed E-state index contributed by atoms with van der Waals surface area (Å²) < 4.78 is 1.03. The molecule has 94 valence electrons. The van der Waals surface area contributed by atoms with Crippen LogP contribution in [0.4, 0.5) is 0 Å². The normalized spacial score (nSPS) is 12.5. The molecule has 0 fully saturated rings. The molecule has 1 atom stereocenters. The Morgan fingerprint density at radius 2 is 1.83 bits per heavy atom. The lowest BCUT2D eigenvalue weighted by atomic mass is 9.98. The molecule has 1 nitrogen and oxygen atoms in total. The zero-order chi connectivity index (χ0) is 13.3. The maximum atomic E-state index is 6.27. The Balaban J connectivity index is 2.44. The van der Waals surface area contributed by atoms with Gasteiger partial charge in [0.05, 0.1) is 16.1 Å². The van der Waals surface area contributed by atoms with E-state index in [1.54, 1.807) is 6.07 Å². The number of hydrogen-bond acceptors (Lipinski definition) is 1. The van der Waals surface area contributed by atoms with E-state index >= 15 is 0 Å². The van der Waals surface area contributed by atoms with Crippen LogP contribution in [0.25, 0.3) is 0 Å². The summed E-state index contributed by atoms with van der Waals surface area (Å²) in [4.78, 5) is 0. The molecule has 0 amide bonds. The van der Waals surface area contributed by atoms with Gasteiger partial charge < -0.3 is 5.73 Å². The van der Waals surface area contributed by atoms with E-state index in [0.717, 1.165) is 21.2 Å². The Labute approximate surface area is 125 Å². The maximum absolute atomic E-state index is 6.27. The van der Waals surface area contributed by atoms with Crippen molar-refractivity contribution in [3.05, 3.63) is 67.6 Å². The van der Waals surface area contributed by atoms with Crippen LogP contribution in [0.3, 0.4) is 0 Å². The zero-order valence-corrected chi connectivity index (χ0v) is 12.9. The molecular formula is C14H12BrCl2N. The summed E-state index contributed by atoms with van der Waals surface area (Å²) in [5.74, 6) is 0. The van der Waals surface area contributed by atoms with Crippen LogP contribution in [-0.4, -0.2) is 0 Å². The smallest absolute Gasteiger partial charge is 0.0595 e. The Morgan fingerprint density at radius 3 is 2.50 bits per heavy atom. The third-order valence-corrected chi connectivity index (χ3v) is 4.68. The molecule has 0 spiro atoms. The van der Waals surface area contributed by atoms with Gasteiger partial charge in [0.1, 0.15) is 0 Å². The lowest BCUT2D eigenvalue weighted by Gasteiger charge is -2.16. The van der Waals surface area contributed by atoms with Gasteiger partial charge in [-0.2, -0.15) is 0 Å². The maximum Gasteiger partial charge on any atom is 0.0595 e. The predicted molar refractivity (Wildman–Crippen MR) is 81.4 cm³/mol. The van der Waals surface area contributed by atoms with E-state index in [4.69, 9.17) is 28.9 Å². The van der Waals surface area contributed by atoms with Crippen LogP contribution < -0.4 is 5.73 Å². The Hall–Kier alpha value is -0.540. The van der Waals surface area contributed by atoms with Gasteiger partial charge >= 0.3 is 0 Å². The fourth-order valence-electron chi connectivity index (χ4n) is 1.80. The van der Waals surface area contributed by atoms with Crippen LogP contribution in [-0.2, 0) is 0 Å². The molecule has 0 saturated heterocycles. The second-order valence-electron chi connectivity index (χ2n) is 4.13. The van der Waals surface area contributed by atoms with Crippen LogP contribution in [0.5, 0.6) is 0 Å². The Kier molecular flexibility index (Phi) is 4.33. The van der Waals surface area contributed by atoms with E-state index < -0.39 is 0 Å². The van der Waals surface area contributed by atoms with E-state index in [0.29, 0.717) is 10.0 Å². The molecule has 4 heteroatoms. The summed E-state index contributed by atoms with van der Waals surface area (Å²) in [7, 11) is 0. The van der Waals surface area contributed by atoms with Gasteiger partial charge in [-0.25, -0.2) is 0 Å². The average Bonchev–Trinajstić information content (AvgIpc) is 2.35. The van der Waals surface area contributed by atoms with E-state index in [1.807, 2.05) is 37.3 Å². The zero-order valence-electron chi connectivity index (χ0n) is 9.75. The minimum Gasteiger partial charge on any atom is -0.320 e. The largest absolute Gasteiger partial charge is 0.320 e. The number of nitrogens with two attached hydrogens (primary N) is 1. The Morgan fingerprint density at radius 1 is 1.11 bits per heavy atom. The van der Waals surface area contributed by atoms with Gasteiger partial charge in [0.25, 0.3) is 0 Å². The lowest BCUT2D eigenvalue weighted by molar-refractivity contribution is 0.863. The first-order valence-electron chi connectivity index (χ1n) is 5.46. The van der Waals surface area contributed by atoms with Crippen molar-refractivity contribution in [2.75, 3.05) is 0 Å². The van der Waals surface area contributed by atoms with Crippen molar-refractivity contribution in [3.8, 4) is 0 Å². The lowest BCUT2D eigenvalue weighted by Crippen LogP contribution is -2.12. The standard InChI is InChI=1S/C14H12BrCl2N/c1-8-3-2-4-10(13(8)15)14(18)9-5-6-11(16)12(17)7-9/h2-7,14H,18H2,1H3. The molecule has 2 rings (SSSR count). The summed E-state index contributed by atoms with van der Waals surface area (Å²) in [6.07, 6.45) is 0. The van der Waals surface area contributed by atoms with Crippen molar-refractivity contribution in [3.63, 3.8) is 0 Å². The number of benzene rings is 2. The monoisotopic (exact) mass is 343 g/mol. The summed E-state index contributed by atoms with van der Waals surface area (Å²) in [5, 5.41) is 1.06. The van der Waals surface area contributed by atoms with Gasteiger partial charge in [-0.05, 0) is 35.7 Å². The van der Waals surface area contributed by atoms with Gasteiger partial charge in [-0.3, -0.25) is 0 Å². The van der Waals surface area contributed by atoms with Crippen molar-refractivity contribution < 1.29 is 0 Å². The van der Waals surface area contributed by atoms with Crippen molar-refractivity contribution in [2.45, 2.75) is 13.0 Å². The third-order valence-electron chi connectivity index (χ3n) is 2.86. The van der Waals surface area contributed by atoms with Crippen LogP contribution in [0.2, 0.25) is 10.0 Å². The number of hydrogen-bond donors (Lipinski definition) is 1. The van der Waals surface area contributed by atoms with Crippen molar-refractivity contribution >= 4 is 39.1 Å². The quantitative estimate of drug-likeness (QED) is 0.804. The van der Waals surface area contributed by atoms with Gasteiger partial charge in [0.2, 0.25) is 0 Å². The second-order valence-corrected chi connectivity index (χ2v) is 5.74. The first kappa shape index (κ1) is 13.9. The molecule has 2 aromatic rings. The molecule has 0 aliphatic rings. The van der Waals surface area contributed by atoms with E-state index in [1.165, 1.54) is 0 Å². The molecule has 0 aromatic heterocycles.